The van der Waals surface area contributed by atoms with Gasteiger partial charge in [0, 0.05) is 19.0 Å². The zero-order valence-electron chi connectivity index (χ0n) is 8.15. The van der Waals surface area contributed by atoms with E-state index >= 15 is 0 Å². The SMILES string of the molecule is C1=CC(NCCc2ncon2)CCC1. The van der Waals surface area contributed by atoms with Crippen molar-refractivity contribution in [1.29, 1.82) is 0 Å². The van der Waals surface area contributed by atoms with Crippen LogP contribution in [0.5, 0.6) is 0 Å². The Balaban J connectivity index is 1.67. The minimum Gasteiger partial charge on any atom is -0.343 e. The number of allylic oxidation sites excluding steroid dienone is 1. The zero-order chi connectivity index (χ0) is 9.64. The van der Waals surface area contributed by atoms with E-state index in [-0.39, 0.29) is 0 Å². The Morgan fingerprint density at radius 1 is 1.57 bits per heavy atom. The molecule has 0 fully saturated rings. The van der Waals surface area contributed by atoms with Gasteiger partial charge < -0.3 is 9.84 Å². The van der Waals surface area contributed by atoms with E-state index in [2.05, 4.69) is 32.1 Å². The van der Waals surface area contributed by atoms with Gasteiger partial charge in [0.2, 0.25) is 6.39 Å². The Hall–Kier alpha value is -1.16. The lowest BCUT2D eigenvalue weighted by molar-refractivity contribution is 0.408. The summed E-state index contributed by atoms with van der Waals surface area (Å²) in [6, 6.07) is 0.538. The Morgan fingerprint density at radius 2 is 2.57 bits per heavy atom. The maximum absolute atomic E-state index is 4.65. The second-order valence-electron chi connectivity index (χ2n) is 3.52. The standard InChI is InChI=1S/C10H15N3O/c1-2-4-9(5-3-1)11-7-6-10-12-8-14-13-10/h2,4,8-9,11H,1,3,5-7H2. The molecule has 0 saturated heterocycles. The van der Waals surface area contributed by atoms with Crippen LogP contribution in [0.2, 0.25) is 0 Å². The first-order valence-corrected chi connectivity index (χ1v) is 5.10. The van der Waals surface area contributed by atoms with Crippen LogP contribution in [0.4, 0.5) is 0 Å². The van der Waals surface area contributed by atoms with Crippen molar-refractivity contribution < 1.29 is 4.52 Å². The molecule has 0 aliphatic heterocycles. The minimum atomic E-state index is 0.538. The highest BCUT2D eigenvalue weighted by molar-refractivity contribution is 4.97. The molecule has 0 bridgehead atoms. The van der Waals surface area contributed by atoms with Crippen molar-refractivity contribution in [2.45, 2.75) is 31.7 Å². The van der Waals surface area contributed by atoms with Crippen LogP contribution >= 0.6 is 0 Å². The molecule has 0 spiro atoms. The molecule has 1 aliphatic rings. The molecule has 1 unspecified atom stereocenters. The number of hydrogen-bond acceptors (Lipinski definition) is 4. The van der Waals surface area contributed by atoms with Gasteiger partial charge in [0.15, 0.2) is 5.82 Å². The van der Waals surface area contributed by atoms with Crippen LogP contribution in [0.3, 0.4) is 0 Å². The van der Waals surface area contributed by atoms with Gasteiger partial charge in [-0.2, -0.15) is 4.98 Å². The van der Waals surface area contributed by atoms with Crippen LogP contribution < -0.4 is 5.32 Å². The summed E-state index contributed by atoms with van der Waals surface area (Å²) in [7, 11) is 0. The second-order valence-corrected chi connectivity index (χ2v) is 3.52. The van der Waals surface area contributed by atoms with Gasteiger partial charge in [-0.25, -0.2) is 0 Å². The van der Waals surface area contributed by atoms with Crippen LogP contribution in [-0.4, -0.2) is 22.7 Å². The van der Waals surface area contributed by atoms with E-state index in [0.29, 0.717) is 6.04 Å². The largest absolute Gasteiger partial charge is 0.343 e. The molecule has 0 radical (unpaired) electrons. The summed E-state index contributed by atoms with van der Waals surface area (Å²) in [5.41, 5.74) is 0. The van der Waals surface area contributed by atoms with Crippen molar-refractivity contribution in [3.8, 4) is 0 Å². The maximum Gasteiger partial charge on any atom is 0.213 e. The maximum atomic E-state index is 4.65. The van der Waals surface area contributed by atoms with Crippen molar-refractivity contribution >= 4 is 0 Å². The first-order chi connectivity index (χ1) is 6.95. The minimum absolute atomic E-state index is 0.538. The predicted molar refractivity (Wildman–Crippen MR) is 52.8 cm³/mol. The van der Waals surface area contributed by atoms with Crippen LogP contribution in [0.1, 0.15) is 25.1 Å². The van der Waals surface area contributed by atoms with E-state index in [1.165, 1.54) is 25.7 Å². The summed E-state index contributed by atoms with van der Waals surface area (Å²) in [4.78, 5) is 3.96. The highest BCUT2D eigenvalue weighted by Gasteiger charge is 2.07. The number of aromatic nitrogens is 2. The topological polar surface area (TPSA) is 51.0 Å². The third-order valence-corrected chi connectivity index (χ3v) is 2.42. The number of hydrogen-bond donors (Lipinski definition) is 1. The van der Waals surface area contributed by atoms with Gasteiger partial charge in [0.1, 0.15) is 0 Å². The molecule has 4 nitrogen and oxygen atoms in total. The van der Waals surface area contributed by atoms with Gasteiger partial charge in [-0.1, -0.05) is 17.3 Å². The van der Waals surface area contributed by atoms with Crippen LogP contribution in [0.15, 0.2) is 23.1 Å². The molecule has 1 atom stereocenters. The first kappa shape index (κ1) is 9.40. The molecule has 0 saturated carbocycles. The van der Waals surface area contributed by atoms with Gasteiger partial charge in [0.25, 0.3) is 0 Å². The van der Waals surface area contributed by atoms with Crippen LogP contribution in [0.25, 0.3) is 0 Å². The molecule has 1 N–H and O–H groups in total. The first-order valence-electron chi connectivity index (χ1n) is 5.10. The smallest absolute Gasteiger partial charge is 0.213 e. The third-order valence-electron chi connectivity index (χ3n) is 2.42. The molecule has 0 aromatic carbocycles. The van der Waals surface area contributed by atoms with E-state index in [1.54, 1.807) is 0 Å². The number of nitrogens with zero attached hydrogens (tertiary/aromatic N) is 2. The van der Waals surface area contributed by atoms with E-state index < -0.39 is 0 Å². The van der Waals surface area contributed by atoms with Gasteiger partial charge in [-0.15, -0.1) is 0 Å². The molecule has 76 valence electrons. The fourth-order valence-corrected chi connectivity index (χ4v) is 1.65. The van der Waals surface area contributed by atoms with Crippen molar-refractivity contribution in [1.82, 2.24) is 15.5 Å². The van der Waals surface area contributed by atoms with E-state index in [1.807, 2.05) is 0 Å². The second kappa shape index (κ2) is 4.91. The van der Waals surface area contributed by atoms with Gasteiger partial charge in [-0.3, -0.25) is 0 Å². The van der Waals surface area contributed by atoms with Crippen LogP contribution in [-0.2, 0) is 6.42 Å². The number of nitrogens with one attached hydrogen (secondary N) is 1. The van der Waals surface area contributed by atoms with Crippen molar-refractivity contribution in [2.75, 3.05) is 6.54 Å². The van der Waals surface area contributed by atoms with Crippen LogP contribution in [0, 0.1) is 0 Å². The highest BCUT2D eigenvalue weighted by Crippen LogP contribution is 2.09. The fraction of sp³-hybridized carbons (Fsp3) is 0.600. The molecule has 0 amide bonds. The molecular formula is C10H15N3O. The van der Waals surface area contributed by atoms with E-state index in [9.17, 15) is 0 Å². The lowest BCUT2D eigenvalue weighted by atomic mass is 10.0. The Bertz CT molecular complexity index is 282. The number of rotatable bonds is 4. The Labute approximate surface area is 83.4 Å². The molecule has 1 heterocycles. The summed E-state index contributed by atoms with van der Waals surface area (Å²) in [5, 5.41) is 7.21. The average Bonchev–Trinajstić information content (AvgIpc) is 2.72. The molecular weight excluding hydrogens is 178 g/mol. The Kier molecular flexibility index (Phi) is 3.29. The lowest BCUT2D eigenvalue weighted by Gasteiger charge is -2.17. The summed E-state index contributed by atoms with van der Waals surface area (Å²) in [6.07, 6.45) is 10.5. The van der Waals surface area contributed by atoms with E-state index in [4.69, 9.17) is 0 Å². The van der Waals surface area contributed by atoms with Crippen molar-refractivity contribution in [3.05, 3.63) is 24.4 Å². The molecule has 2 rings (SSSR count). The molecule has 4 heteroatoms. The molecule has 14 heavy (non-hydrogen) atoms. The van der Waals surface area contributed by atoms with E-state index in [0.717, 1.165) is 18.8 Å². The Morgan fingerprint density at radius 3 is 3.29 bits per heavy atom. The lowest BCUT2D eigenvalue weighted by Crippen LogP contribution is -2.30. The quantitative estimate of drug-likeness (QED) is 0.732. The molecule has 1 aliphatic carbocycles. The van der Waals surface area contributed by atoms with Gasteiger partial charge >= 0.3 is 0 Å². The normalized spacial score (nSPS) is 21.3. The highest BCUT2D eigenvalue weighted by atomic mass is 16.5. The summed E-state index contributed by atoms with van der Waals surface area (Å²) >= 11 is 0. The van der Waals surface area contributed by atoms with Crippen molar-refractivity contribution in [2.24, 2.45) is 0 Å². The average molecular weight is 193 g/mol. The molecule has 1 aromatic rings. The third kappa shape index (κ3) is 2.67. The fourth-order valence-electron chi connectivity index (χ4n) is 1.65. The predicted octanol–water partition coefficient (Wildman–Crippen LogP) is 1.31. The summed E-state index contributed by atoms with van der Waals surface area (Å²) in [6.45, 7) is 0.911. The summed E-state index contributed by atoms with van der Waals surface area (Å²) < 4.78 is 4.65. The van der Waals surface area contributed by atoms with Crippen molar-refractivity contribution in [3.63, 3.8) is 0 Å². The monoisotopic (exact) mass is 193 g/mol. The molecule has 1 aromatic heterocycles. The zero-order valence-corrected chi connectivity index (χ0v) is 8.15. The van der Waals surface area contributed by atoms with Gasteiger partial charge in [0.05, 0.1) is 0 Å². The van der Waals surface area contributed by atoms with Gasteiger partial charge in [-0.05, 0) is 19.3 Å². The summed E-state index contributed by atoms with van der Waals surface area (Å²) in [5.74, 6) is 0.775.